The molecule has 1 aliphatic heterocycles. The first-order valence-corrected chi connectivity index (χ1v) is 17.1. The highest BCUT2D eigenvalue weighted by Gasteiger charge is 2.33. The number of aromatic amines is 2. The van der Waals surface area contributed by atoms with Gasteiger partial charge in [0.15, 0.2) is 0 Å². The van der Waals surface area contributed by atoms with Gasteiger partial charge < -0.3 is 42.1 Å². The Hall–Kier alpha value is -5.27. The van der Waals surface area contributed by atoms with Crippen LogP contribution in [0, 0.1) is 18.8 Å². The van der Waals surface area contributed by atoms with E-state index in [2.05, 4.69) is 31.2 Å². The molecular formula is C37H43N7O6. The number of nitrogens with two attached hydrogens (primary N) is 1. The first-order chi connectivity index (χ1) is 24.1. The molecule has 0 unspecified atom stereocenters. The number of aliphatic hydroxyl groups excluding tert-OH is 1. The molecule has 13 nitrogen and oxygen atoms in total. The van der Waals surface area contributed by atoms with Crippen molar-refractivity contribution in [3.8, 4) is 11.1 Å². The highest BCUT2D eigenvalue weighted by molar-refractivity contribution is 5.99. The summed E-state index contributed by atoms with van der Waals surface area (Å²) in [5, 5.41) is 20.6. The lowest BCUT2D eigenvalue weighted by atomic mass is 9.81. The van der Waals surface area contributed by atoms with Crippen molar-refractivity contribution in [3.63, 3.8) is 0 Å². The lowest BCUT2D eigenvalue weighted by Gasteiger charge is -2.28. The number of rotatable bonds is 11. The Morgan fingerprint density at radius 1 is 0.940 bits per heavy atom. The molecule has 1 aliphatic carbocycles. The van der Waals surface area contributed by atoms with Crippen LogP contribution >= 0.6 is 0 Å². The van der Waals surface area contributed by atoms with Gasteiger partial charge >= 0.3 is 5.69 Å². The van der Waals surface area contributed by atoms with E-state index in [0.717, 1.165) is 47.9 Å². The third-order valence-corrected chi connectivity index (χ3v) is 9.87. The Kier molecular flexibility index (Phi) is 10.4. The van der Waals surface area contributed by atoms with Crippen molar-refractivity contribution >= 4 is 40.3 Å². The third-order valence-electron chi connectivity index (χ3n) is 9.87. The molecule has 6 rings (SSSR count). The van der Waals surface area contributed by atoms with Gasteiger partial charge in [0.25, 0.3) is 5.91 Å². The zero-order valence-electron chi connectivity index (χ0n) is 27.9. The number of aliphatic hydroxyl groups is 1. The molecule has 9 N–H and O–H groups in total. The normalized spacial score (nSPS) is 21.0. The monoisotopic (exact) mass is 681 g/mol. The average Bonchev–Trinajstić information content (AvgIpc) is 3.67. The van der Waals surface area contributed by atoms with Crippen LogP contribution in [0.1, 0.15) is 53.6 Å². The predicted molar refractivity (Wildman–Crippen MR) is 189 cm³/mol. The highest BCUT2D eigenvalue weighted by atomic mass is 16.3. The predicted octanol–water partition coefficient (Wildman–Crippen LogP) is 2.24. The quantitative estimate of drug-likeness (QED) is 0.118. The lowest BCUT2D eigenvalue weighted by molar-refractivity contribution is -0.130. The Balaban J connectivity index is 1.15. The molecule has 1 saturated heterocycles. The summed E-state index contributed by atoms with van der Waals surface area (Å²) in [6, 6.07) is 16.2. The van der Waals surface area contributed by atoms with Gasteiger partial charge in [0.1, 0.15) is 12.1 Å². The van der Waals surface area contributed by atoms with Crippen LogP contribution in [0.5, 0.6) is 0 Å². The summed E-state index contributed by atoms with van der Waals surface area (Å²) in [5.41, 5.74) is 11.1. The number of fused-ring (bicyclic) bond motifs is 1. The molecule has 262 valence electrons. The first-order valence-electron chi connectivity index (χ1n) is 17.1. The van der Waals surface area contributed by atoms with E-state index in [1.165, 1.54) is 0 Å². The molecule has 0 radical (unpaired) electrons. The van der Waals surface area contributed by atoms with Crippen LogP contribution in [0.25, 0.3) is 22.2 Å². The molecule has 1 aromatic heterocycles. The number of imidazole rings is 1. The summed E-state index contributed by atoms with van der Waals surface area (Å²) in [5.74, 6) is -0.961. The van der Waals surface area contributed by atoms with E-state index in [1.54, 1.807) is 30.3 Å². The fraction of sp³-hybridized carbons (Fsp3) is 0.378. The smallest absolute Gasteiger partial charge is 0.323 e. The maximum absolute atomic E-state index is 13.7. The van der Waals surface area contributed by atoms with Crippen molar-refractivity contribution < 1.29 is 24.3 Å². The number of carbonyl (C=O) groups excluding carboxylic acids is 4. The minimum atomic E-state index is -0.851. The average molecular weight is 682 g/mol. The SMILES string of the molecule is Cc1cc(C(=O)N[C@@H]2C[C@@H](CO)NC2=O)ccc1-c1ccc(C[C@H](NC(=O)C2CCC(CN)CC2)C(=O)Nc2ccc3[nH]c(=O)[nH]c3c2)cc1. The molecule has 13 heteroatoms. The number of nitrogens with one attached hydrogen (secondary N) is 6. The summed E-state index contributed by atoms with van der Waals surface area (Å²) in [6.07, 6.45) is 3.81. The molecule has 2 heterocycles. The van der Waals surface area contributed by atoms with Gasteiger partial charge in [-0.05, 0) is 104 Å². The molecule has 3 atom stereocenters. The molecule has 0 spiro atoms. The number of aryl methyl sites for hydroxylation is 1. The summed E-state index contributed by atoms with van der Waals surface area (Å²) in [7, 11) is 0. The molecule has 1 saturated carbocycles. The van der Waals surface area contributed by atoms with Crippen LogP contribution in [-0.2, 0) is 20.8 Å². The second-order valence-electron chi connectivity index (χ2n) is 13.4. The number of benzene rings is 3. The number of amides is 4. The number of anilines is 1. The zero-order chi connectivity index (χ0) is 35.4. The molecule has 50 heavy (non-hydrogen) atoms. The molecule has 4 amide bonds. The molecule has 3 aromatic carbocycles. The molecule has 2 aliphatic rings. The van der Waals surface area contributed by atoms with Crippen LogP contribution in [0.15, 0.2) is 65.5 Å². The topological polar surface area (TPSA) is 211 Å². The Labute approximate surface area is 288 Å². The second kappa shape index (κ2) is 15.1. The largest absolute Gasteiger partial charge is 0.394 e. The minimum absolute atomic E-state index is 0.149. The fourth-order valence-corrected chi connectivity index (χ4v) is 6.92. The summed E-state index contributed by atoms with van der Waals surface area (Å²) in [6.45, 7) is 2.33. The number of hydrogen-bond donors (Lipinski definition) is 8. The molecule has 2 fully saturated rings. The maximum atomic E-state index is 13.7. The Morgan fingerprint density at radius 2 is 1.68 bits per heavy atom. The van der Waals surface area contributed by atoms with Crippen molar-refractivity contribution in [2.24, 2.45) is 17.6 Å². The first kappa shape index (κ1) is 34.6. The maximum Gasteiger partial charge on any atom is 0.323 e. The lowest BCUT2D eigenvalue weighted by Crippen LogP contribution is -2.48. The van der Waals surface area contributed by atoms with Gasteiger partial charge in [-0.3, -0.25) is 19.2 Å². The summed E-state index contributed by atoms with van der Waals surface area (Å²) < 4.78 is 0. The Morgan fingerprint density at radius 3 is 2.36 bits per heavy atom. The van der Waals surface area contributed by atoms with Gasteiger partial charge in [-0.15, -0.1) is 0 Å². The third kappa shape index (κ3) is 7.95. The van der Waals surface area contributed by atoms with Crippen molar-refractivity contribution in [2.45, 2.75) is 63.6 Å². The van der Waals surface area contributed by atoms with Gasteiger partial charge in [0.2, 0.25) is 17.7 Å². The van der Waals surface area contributed by atoms with Crippen molar-refractivity contribution in [1.29, 1.82) is 0 Å². The van der Waals surface area contributed by atoms with E-state index in [-0.39, 0.29) is 54.3 Å². The minimum Gasteiger partial charge on any atom is -0.394 e. The van der Waals surface area contributed by atoms with Crippen LogP contribution in [0.4, 0.5) is 5.69 Å². The van der Waals surface area contributed by atoms with E-state index < -0.39 is 12.1 Å². The summed E-state index contributed by atoms with van der Waals surface area (Å²) >= 11 is 0. The summed E-state index contributed by atoms with van der Waals surface area (Å²) in [4.78, 5) is 69.2. The van der Waals surface area contributed by atoms with Gasteiger partial charge in [0, 0.05) is 23.6 Å². The number of H-pyrrole nitrogens is 2. The van der Waals surface area contributed by atoms with E-state index >= 15 is 0 Å². The number of hydrogen-bond acceptors (Lipinski definition) is 7. The van der Waals surface area contributed by atoms with E-state index in [9.17, 15) is 29.1 Å². The van der Waals surface area contributed by atoms with Crippen molar-refractivity contribution in [3.05, 3.63) is 87.8 Å². The number of aromatic nitrogens is 2. The molecule has 0 bridgehead atoms. The highest BCUT2D eigenvalue weighted by Crippen LogP contribution is 2.29. The van der Waals surface area contributed by atoms with Crippen LogP contribution in [-0.4, -0.2) is 70.0 Å². The van der Waals surface area contributed by atoms with Gasteiger partial charge in [0.05, 0.1) is 23.7 Å². The van der Waals surface area contributed by atoms with Gasteiger partial charge in [-0.25, -0.2) is 4.79 Å². The van der Waals surface area contributed by atoms with E-state index in [1.807, 2.05) is 37.3 Å². The molecule has 4 aromatic rings. The van der Waals surface area contributed by atoms with Gasteiger partial charge in [-0.1, -0.05) is 30.3 Å². The van der Waals surface area contributed by atoms with Crippen molar-refractivity contribution in [1.82, 2.24) is 25.9 Å². The fourth-order valence-electron chi connectivity index (χ4n) is 6.92. The van der Waals surface area contributed by atoms with Crippen LogP contribution in [0.3, 0.4) is 0 Å². The second-order valence-corrected chi connectivity index (χ2v) is 13.4. The van der Waals surface area contributed by atoms with Gasteiger partial charge in [-0.2, -0.15) is 0 Å². The van der Waals surface area contributed by atoms with Crippen molar-refractivity contribution in [2.75, 3.05) is 18.5 Å². The number of carbonyl (C=O) groups is 4. The standard InChI is InChI=1S/C37H43N7O6/c1-20-14-25(34(47)42-32-17-27(19-45)40-36(32)49)10-12-28(20)23-6-2-21(3-7-23)15-31(41-33(46)24-8-4-22(18-38)5-9-24)35(48)39-26-11-13-29-30(16-26)44-37(50)43-29/h2-3,6-7,10-14,16,22,24,27,31-32,45H,4-5,8-9,15,17-19,38H2,1H3,(H,39,48)(H,40,49)(H,41,46)(H,42,47)(H2,43,44,50)/t22?,24?,27-,31-,32+/m0/s1. The molecular weight excluding hydrogens is 638 g/mol. The Bertz CT molecular complexity index is 1940. The van der Waals surface area contributed by atoms with Crippen LogP contribution in [0.2, 0.25) is 0 Å². The zero-order valence-corrected chi connectivity index (χ0v) is 27.9. The van der Waals surface area contributed by atoms with E-state index in [0.29, 0.717) is 41.2 Å². The van der Waals surface area contributed by atoms with E-state index in [4.69, 9.17) is 5.73 Å². The van der Waals surface area contributed by atoms with Crippen LogP contribution < -0.4 is 32.7 Å².